The van der Waals surface area contributed by atoms with Gasteiger partial charge in [-0.2, -0.15) is 0 Å². The van der Waals surface area contributed by atoms with E-state index >= 15 is 0 Å². The van der Waals surface area contributed by atoms with Gasteiger partial charge in [0.15, 0.2) is 11.2 Å². The van der Waals surface area contributed by atoms with Gasteiger partial charge in [-0.3, -0.25) is 23.9 Å². The van der Waals surface area contributed by atoms with Crippen molar-refractivity contribution in [1.29, 1.82) is 0 Å². The Balaban J connectivity index is 1.78. The molecule has 0 saturated heterocycles. The van der Waals surface area contributed by atoms with E-state index in [-0.39, 0.29) is 30.1 Å². The minimum absolute atomic E-state index is 0.0996. The third-order valence-electron chi connectivity index (χ3n) is 5.47. The molecule has 11 heteroatoms. The van der Waals surface area contributed by atoms with Crippen LogP contribution in [0.2, 0.25) is 0 Å². The zero-order valence-electron chi connectivity index (χ0n) is 19.7. The van der Waals surface area contributed by atoms with Crippen LogP contribution in [-0.4, -0.2) is 38.1 Å². The van der Waals surface area contributed by atoms with E-state index in [2.05, 4.69) is 15.3 Å². The highest BCUT2D eigenvalue weighted by atomic mass is 16.5. The van der Waals surface area contributed by atoms with E-state index in [0.717, 1.165) is 18.4 Å². The van der Waals surface area contributed by atoms with Crippen molar-refractivity contribution in [3.05, 3.63) is 56.5 Å². The van der Waals surface area contributed by atoms with Gasteiger partial charge in [0, 0.05) is 20.5 Å². The summed E-state index contributed by atoms with van der Waals surface area (Å²) < 4.78 is 13.5. The van der Waals surface area contributed by atoms with E-state index in [1.54, 1.807) is 38.4 Å². The third kappa shape index (κ3) is 5.53. The number of nitrogens with one attached hydrogen (secondary N) is 2. The highest BCUT2D eigenvalue weighted by molar-refractivity contribution is 5.76. The molecule has 3 rings (SSSR count). The molecule has 3 aromatic rings. The lowest BCUT2D eigenvalue weighted by molar-refractivity contribution is -0.146. The number of aromatic amines is 1. The number of aromatic nitrogens is 4. The number of ether oxygens (including phenoxy) is 2. The quantitative estimate of drug-likeness (QED) is 0.428. The zero-order valence-corrected chi connectivity index (χ0v) is 19.7. The number of aryl methyl sites for hydroxylation is 2. The second kappa shape index (κ2) is 10.8. The number of esters is 1. The summed E-state index contributed by atoms with van der Waals surface area (Å²) in [6.45, 7) is 3.59. The first kappa shape index (κ1) is 24.7. The summed E-state index contributed by atoms with van der Waals surface area (Å²) in [4.78, 5) is 55.6. The molecule has 0 fully saturated rings. The van der Waals surface area contributed by atoms with Gasteiger partial charge in [-0.05, 0) is 24.1 Å². The monoisotopic (exact) mass is 471 g/mol. The van der Waals surface area contributed by atoms with E-state index in [0.29, 0.717) is 18.1 Å². The van der Waals surface area contributed by atoms with Gasteiger partial charge in [-0.25, -0.2) is 9.78 Å². The van der Waals surface area contributed by atoms with Gasteiger partial charge in [0.2, 0.25) is 5.91 Å². The number of carbonyl (C=O) groups is 2. The van der Waals surface area contributed by atoms with Crippen molar-refractivity contribution in [2.45, 2.75) is 52.3 Å². The Labute approximate surface area is 195 Å². The molecule has 1 unspecified atom stereocenters. The maximum Gasteiger partial charge on any atom is 0.330 e. The van der Waals surface area contributed by atoms with E-state index < -0.39 is 23.3 Å². The summed E-state index contributed by atoms with van der Waals surface area (Å²) in [6, 6.07) is 6.42. The maximum absolute atomic E-state index is 12.6. The van der Waals surface area contributed by atoms with Crippen LogP contribution < -0.4 is 21.3 Å². The topological polar surface area (TPSA) is 137 Å². The highest BCUT2D eigenvalue weighted by Gasteiger charge is 2.21. The number of nitrogens with zero attached hydrogens (tertiary/aromatic N) is 3. The Morgan fingerprint density at radius 3 is 2.53 bits per heavy atom. The Hall–Kier alpha value is -3.89. The zero-order chi connectivity index (χ0) is 24.8. The first-order chi connectivity index (χ1) is 16.2. The van der Waals surface area contributed by atoms with Crippen LogP contribution in [0.1, 0.15) is 50.5 Å². The minimum atomic E-state index is -0.585. The summed E-state index contributed by atoms with van der Waals surface area (Å²) in [5.74, 6) is 0.138. The van der Waals surface area contributed by atoms with Crippen molar-refractivity contribution >= 4 is 23.0 Å². The predicted molar refractivity (Wildman–Crippen MR) is 124 cm³/mol. The van der Waals surface area contributed by atoms with Crippen molar-refractivity contribution in [2.75, 3.05) is 7.11 Å². The standard InChI is InChI=1S/C23H29N5O6/c1-5-6-11-28-21-20(22(31)26-23(28)32)27(3)18(25-21)13-34-19(30)12-17(24-14(2)29)15-7-9-16(33-4)10-8-15/h7-10,17H,5-6,11-13H2,1-4H3,(H,24,29)(H,26,31,32). The molecule has 0 bridgehead atoms. The van der Waals surface area contributed by atoms with Gasteiger partial charge in [-0.15, -0.1) is 0 Å². The fourth-order valence-corrected chi connectivity index (χ4v) is 3.65. The number of unbranched alkanes of at least 4 members (excludes halogenated alkanes) is 1. The highest BCUT2D eigenvalue weighted by Crippen LogP contribution is 2.21. The molecule has 2 heterocycles. The molecule has 0 spiro atoms. The van der Waals surface area contributed by atoms with Crippen molar-refractivity contribution in [3.63, 3.8) is 0 Å². The van der Waals surface area contributed by atoms with Gasteiger partial charge in [0.05, 0.1) is 19.6 Å². The van der Waals surface area contributed by atoms with Crippen LogP contribution in [0.25, 0.3) is 11.2 Å². The molecule has 1 amide bonds. The maximum atomic E-state index is 12.6. The summed E-state index contributed by atoms with van der Waals surface area (Å²) in [6.07, 6.45) is 1.52. The number of amides is 1. The lowest BCUT2D eigenvalue weighted by Gasteiger charge is -2.18. The molecule has 182 valence electrons. The van der Waals surface area contributed by atoms with Gasteiger partial charge in [-0.1, -0.05) is 25.5 Å². The average Bonchev–Trinajstić information content (AvgIpc) is 3.13. The fraction of sp³-hybridized carbons (Fsp3) is 0.435. The number of benzene rings is 1. The normalized spacial score (nSPS) is 11.9. The number of imidazole rings is 1. The van der Waals surface area contributed by atoms with Gasteiger partial charge >= 0.3 is 11.7 Å². The smallest absolute Gasteiger partial charge is 0.330 e. The van der Waals surface area contributed by atoms with E-state index in [1.807, 2.05) is 6.92 Å². The predicted octanol–water partition coefficient (Wildman–Crippen LogP) is 1.54. The van der Waals surface area contributed by atoms with Crippen LogP contribution in [0.15, 0.2) is 33.9 Å². The number of methoxy groups -OCH3 is 1. The lowest BCUT2D eigenvalue weighted by Crippen LogP contribution is -2.31. The minimum Gasteiger partial charge on any atom is -0.497 e. The molecule has 0 aliphatic heterocycles. The van der Waals surface area contributed by atoms with Crippen LogP contribution in [-0.2, 0) is 34.5 Å². The number of hydrogen-bond acceptors (Lipinski definition) is 7. The number of carbonyl (C=O) groups excluding carboxylic acids is 2. The first-order valence-electron chi connectivity index (χ1n) is 11.0. The fourth-order valence-electron chi connectivity index (χ4n) is 3.65. The summed E-state index contributed by atoms with van der Waals surface area (Å²) in [5.41, 5.74) is 0.138. The molecule has 2 aromatic heterocycles. The average molecular weight is 472 g/mol. The molecule has 0 aliphatic carbocycles. The summed E-state index contributed by atoms with van der Waals surface area (Å²) in [5, 5.41) is 2.75. The summed E-state index contributed by atoms with van der Waals surface area (Å²) >= 11 is 0. The van der Waals surface area contributed by atoms with Crippen molar-refractivity contribution < 1.29 is 19.1 Å². The second-order valence-electron chi connectivity index (χ2n) is 7.91. The molecule has 0 saturated carbocycles. The lowest BCUT2D eigenvalue weighted by atomic mass is 10.0. The number of H-pyrrole nitrogens is 1. The number of fused-ring (bicyclic) bond motifs is 1. The van der Waals surface area contributed by atoms with E-state index in [1.165, 1.54) is 16.1 Å². The molecule has 34 heavy (non-hydrogen) atoms. The van der Waals surface area contributed by atoms with Crippen LogP contribution >= 0.6 is 0 Å². The largest absolute Gasteiger partial charge is 0.497 e. The molecule has 0 aliphatic rings. The molecule has 1 aromatic carbocycles. The Morgan fingerprint density at radius 1 is 1.21 bits per heavy atom. The van der Waals surface area contributed by atoms with Crippen molar-refractivity contribution in [3.8, 4) is 5.75 Å². The van der Waals surface area contributed by atoms with Crippen LogP contribution in [0, 0.1) is 0 Å². The molecule has 2 N–H and O–H groups in total. The Morgan fingerprint density at radius 2 is 1.91 bits per heavy atom. The molecule has 11 nitrogen and oxygen atoms in total. The number of hydrogen-bond donors (Lipinski definition) is 2. The first-order valence-corrected chi connectivity index (χ1v) is 11.0. The SMILES string of the molecule is CCCCn1c(=O)[nH]c(=O)c2c1nc(COC(=O)CC(NC(C)=O)c1ccc(OC)cc1)n2C. The van der Waals surface area contributed by atoms with Crippen molar-refractivity contribution in [1.82, 2.24) is 24.4 Å². The summed E-state index contributed by atoms with van der Waals surface area (Å²) in [7, 11) is 3.18. The van der Waals surface area contributed by atoms with Crippen LogP contribution in [0.3, 0.4) is 0 Å². The number of rotatable bonds is 10. The Bertz CT molecular complexity index is 1290. The van der Waals surface area contributed by atoms with E-state index in [9.17, 15) is 19.2 Å². The Kier molecular flexibility index (Phi) is 7.87. The molecule has 0 radical (unpaired) electrons. The van der Waals surface area contributed by atoms with Gasteiger partial charge in [0.25, 0.3) is 5.56 Å². The molecular formula is C23H29N5O6. The van der Waals surface area contributed by atoms with Crippen LogP contribution in [0.5, 0.6) is 5.75 Å². The molecule has 1 atom stereocenters. The van der Waals surface area contributed by atoms with Crippen LogP contribution in [0.4, 0.5) is 0 Å². The van der Waals surface area contributed by atoms with E-state index in [4.69, 9.17) is 9.47 Å². The second-order valence-corrected chi connectivity index (χ2v) is 7.91. The van der Waals surface area contributed by atoms with Gasteiger partial charge < -0.3 is 19.4 Å². The molecular weight excluding hydrogens is 442 g/mol. The third-order valence-corrected chi connectivity index (χ3v) is 5.47. The van der Waals surface area contributed by atoms with Gasteiger partial charge in [0.1, 0.15) is 18.2 Å². The van der Waals surface area contributed by atoms with Crippen molar-refractivity contribution in [2.24, 2.45) is 7.05 Å².